The number of unbranched alkanes of at least 4 members (excludes halogenated alkanes) is 1. The van der Waals surface area contributed by atoms with Crippen molar-refractivity contribution >= 4 is 17.6 Å². The summed E-state index contributed by atoms with van der Waals surface area (Å²) in [5.74, 6) is 1.16. The molecule has 0 spiro atoms. The van der Waals surface area contributed by atoms with E-state index in [1.165, 1.54) is 11.1 Å². The topological polar surface area (TPSA) is 65.5 Å². The smallest absolute Gasteiger partial charge is 0.321 e. The minimum Gasteiger partial charge on any atom is -0.343 e. The lowest BCUT2D eigenvalue weighted by Gasteiger charge is -2.39. The van der Waals surface area contributed by atoms with Gasteiger partial charge in [0.1, 0.15) is 0 Å². The Balaban J connectivity index is 1.23. The fourth-order valence-corrected chi connectivity index (χ4v) is 4.46. The van der Waals surface area contributed by atoms with Crippen LogP contribution in [0.4, 0.5) is 10.5 Å². The molecule has 0 atom stereocenters. The Bertz CT molecular complexity index is 870. The van der Waals surface area contributed by atoms with E-state index >= 15 is 0 Å². The summed E-state index contributed by atoms with van der Waals surface area (Å²) in [7, 11) is 0. The molecule has 0 aliphatic carbocycles. The van der Waals surface area contributed by atoms with Gasteiger partial charge in [0.15, 0.2) is 0 Å². The minimum atomic E-state index is -0.0493. The van der Waals surface area contributed by atoms with Crippen molar-refractivity contribution in [1.29, 1.82) is 0 Å². The van der Waals surface area contributed by atoms with Crippen molar-refractivity contribution in [2.24, 2.45) is 0 Å². The third kappa shape index (κ3) is 5.24. The summed E-state index contributed by atoms with van der Waals surface area (Å²) in [6.07, 6.45) is 8.38. The molecule has 1 aromatic carbocycles. The third-order valence-electron chi connectivity index (χ3n) is 6.55. The van der Waals surface area contributed by atoms with Gasteiger partial charge in [0.25, 0.3) is 0 Å². The number of anilines is 1. The van der Waals surface area contributed by atoms with E-state index in [-0.39, 0.29) is 6.03 Å². The highest BCUT2D eigenvalue weighted by atomic mass is 16.2. The highest BCUT2D eigenvalue weighted by molar-refractivity contribution is 5.90. The summed E-state index contributed by atoms with van der Waals surface area (Å²) in [6.45, 7) is 5.27. The first kappa shape index (κ1) is 21.3. The maximum Gasteiger partial charge on any atom is 0.321 e. The number of carbonyl (C=O) groups excluding carboxylic acids is 2. The second-order valence-corrected chi connectivity index (χ2v) is 8.70. The fraction of sp³-hybridized carbons (Fsp3) is 0.480. The van der Waals surface area contributed by atoms with Gasteiger partial charge in [-0.1, -0.05) is 31.5 Å². The highest BCUT2D eigenvalue weighted by Crippen LogP contribution is 2.30. The van der Waals surface area contributed by atoms with Gasteiger partial charge in [-0.25, -0.2) is 4.79 Å². The molecule has 0 saturated carbocycles. The first-order valence-electron chi connectivity index (χ1n) is 11.5. The lowest BCUT2D eigenvalue weighted by molar-refractivity contribution is -0.132. The van der Waals surface area contributed by atoms with E-state index in [1.807, 2.05) is 34.2 Å². The summed E-state index contributed by atoms with van der Waals surface area (Å²) in [5, 5.41) is 3.01. The van der Waals surface area contributed by atoms with Crippen LogP contribution in [-0.2, 0) is 4.79 Å². The Morgan fingerprint density at radius 3 is 2.39 bits per heavy atom. The number of amides is 3. The number of piperidine rings is 1. The van der Waals surface area contributed by atoms with Crippen LogP contribution in [0.15, 0.2) is 48.8 Å². The second-order valence-electron chi connectivity index (χ2n) is 8.70. The molecular formula is C25H32N4O2. The monoisotopic (exact) mass is 420 g/mol. The molecule has 6 heteroatoms. The number of nitrogens with one attached hydrogen (secondary N) is 1. The maximum atomic E-state index is 12.5. The number of nitrogens with zero attached hydrogens (tertiary/aromatic N) is 3. The first-order chi connectivity index (χ1) is 15.1. The van der Waals surface area contributed by atoms with E-state index in [2.05, 4.69) is 35.4 Å². The Hall–Kier alpha value is -2.89. The third-order valence-corrected chi connectivity index (χ3v) is 6.55. The lowest BCUT2D eigenvalue weighted by Crippen LogP contribution is -2.50. The zero-order valence-electron chi connectivity index (χ0n) is 18.3. The van der Waals surface area contributed by atoms with Crippen molar-refractivity contribution in [3.8, 4) is 0 Å². The number of likely N-dealkylation sites (tertiary alicyclic amines) is 2. The number of pyridine rings is 1. The van der Waals surface area contributed by atoms with Gasteiger partial charge in [0, 0.05) is 56.6 Å². The fourth-order valence-electron chi connectivity index (χ4n) is 4.46. The molecule has 2 aliphatic heterocycles. The van der Waals surface area contributed by atoms with Crippen molar-refractivity contribution in [2.45, 2.75) is 50.9 Å². The van der Waals surface area contributed by atoms with Crippen LogP contribution < -0.4 is 5.32 Å². The van der Waals surface area contributed by atoms with Crippen molar-refractivity contribution in [3.63, 3.8) is 0 Å². The number of hydrogen-bond donors (Lipinski definition) is 1. The average Bonchev–Trinajstić information content (AvgIpc) is 2.78. The van der Waals surface area contributed by atoms with E-state index < -0.39 is 0 Å². The maximum absolute atomic E-state index is 12.5. The number of carbonyl (C=O) groups is 2. The van der Waals surface area contributed by atoms with E-state index in [9.17, 15) is 9.59 Å². The molecule has 1 aromatic heterocycles. The molecular weight excluding hydrogens is 388 g/mol. The summed E-state index contributed by atoms with van der Waals surface area (Å²) in [4.78, 5) is 32.7. The van der Waals surface area contributed by atoms with Crippen LogP contribution in [0.2, 0.25) is 0 Å². The number of hydrogen-bond acceptors (Lipinski definition) is 3. The molecule has 6 nitrogen and oxygen atoms in total. The predicted molar refractivity (Wildman–Crippen MR) is 122 cm³/mol. The summed E-state index contributed by atoms with van der Waals surface area (Å²) in [6, 6.07) is 12.2. The van der Waals surface area contributed by atoms with Crippen LogP contribution in [0.25, 0.3) is 0 Å². The lowest BCUT2D eigenvalue weighted by atomic mass is 9.89. The first-order valence-corrected chi connectivity index (χ1v) is 11.5. The molecule has 4 rings (SSSR count). The number of aromatic nitrogens is 1. The predicted octanol–water partition coefficient (Wildman–Crippen LogP) is 4.61. The summed E-state index contributed by atoms with van der Waals surface area (Å²) in [5.41, 5.74) is 3.30. The molecule has 2 aromatic rings. The molecule has 164 valence electrons. The minimum absolute atomic E-state index is 0.0493. The van der Waals surface area contributed by atoms with Gasteiger partial charge < -0.3 is 15.1 Å². The second kappa shape index (κ2) is 9.94. The van der Waals surface area contributed by atoms with Crippen LogP contribution in [0.5, 0.6) is 0 Å². The number of rotatable bonds is 6. The van der Waals surface area contributed by atoms with Gasteiger partial charge in [-0.05, 0) is 54.5 Å². The van der Waals surface area contributed by atoms with Gasteiger partial charge >= 0.3 is 6.03 Å². The average molecular weight is 421 g/mol. The quantitative estimate of drug-likeness (QED) is 0.742. The van der Waals surface area contributed by atoms with Gasteiger partial charge in [0.2, 0.25) is 5.91 Å². The van der Waals surface area contributed by atoms with E-state index in [0.29, 0.717) is 24.2 Å². The Morgan fingerprint density at radius 2 is 1.74 bits per heavy atom. The van der Waals surface area contributed by atoms with Crippen LogP contribution in [-0.4, -0.2) is 52.9 Å². The molecule has 2 aliphatic rings. The van der Waals surface area contributed by atoms with Crippen molar-refractivity contribution in [3.05, 3.63) is 59.9 Å². The summed E-state index contributed by atoms with van der Waals surface area (Å²) >= 11 is 0. The Kier molecular flexibility index (Phi) is 6.85. The Labute approximate surface area is 184 Å². The highest BCUT2D eigenvalue weighted by Gasteiger charge is 2.32. The number of benzene rings is 1. The van der Waals surface area contributed by atoms with Gasteiger partial charge in [-0.2, -0.15) is 0 Å². The SMILES string of the molecule is CCCCC(=O)N1CCC(c2ccc(NC(=O)N3CC(c4cccnc4)C3)cc2)CC1. The molecule has 31 heavy (non-hydrogen) atoms. The zero-order valence-corrected chi connectivity index (χ0v) is 18.3. The molecule has 2 fully saturated rings. The molecule has 3 heterocycles. The zero-order chi connectivity index (χ0) is 21.6. The van der Waals surface area contributed by atoms with Crippen LogP contribution in [0.3, 0.4) is 0 Å². The van der Waals surface area contributed by atoms with Crippen LogP contribution >= 0.6 is 0 Å². The van der Waals surface area contributed by atoms with Gasteiger partial charge in [-0.3, -0.25) is 9.78 Å². The largest absolute Gasteiger partial charge is 0.343 e. The van der Waals surface area contributed by atoms with Crippen molar-refractivity contribution < 1.29 is 9.59 Å². The Morgan fingerprint density at radius 1 is 1.00 bits per heavy atom. The van der Waals surface area contributed by atoms with Gasteiger partial charge in [0.05, 0.1) is 0 Å². The molecule has 3 amide bonds. The molecule has 1 N–H and O–H groups in total. The van der Waals surface area contributed by atoms with E-state index in [0.717, 1.165) is 57.5 Å². The van der Waals surface area contributed by atoms with Gasteiger partial charge in [-0.15, -0.1) is 0 Å². The molecule has 2 saturated heterocycles. The van der Waals surface area contributed by atoms with Crippen molar-refractivity contribution in [1.82, 2.24) is 14.8 Å². The van der Waals surface area contributed by atoms with Crippen molar-refractivity contribution in [2.75, 3.05) is 31.5 Å². The summed E-state index contributed by atoms with van der Waals surface area (Å²) < 4.78 is 0. The van der Waals surface area contributed by atoms with E-state index in [1.54, 1.807) is 6.20 Å². The molecule has 0 unspecified atom stereocenters. The van der Waals surface area contributed by atoms with Crippen LogP contribution in [0.1, 0.15) is 62.0 Å². The number of urea groups is 1. The standard InChI is InChI=1S/C25H32N4O2/c1-2-3-6-24(30)28-14-11-20(12-15-28)19-7-9-23(10-8-19)27-25(31)29-17-22(18-29)21-5-4-13-26-16-21/h4-5,7-10,13,16,20,22H,2-3,6,11-12,14-15,17-18H2,1H3,(H,27,31). The van der Waals surface area contributed by atoms with E-state index in [4.69, 9.17) is 0 Å². The normalized spacial score (nSPS) is 17.3. The van der Waals surface area contributed by atoms with Crippen LogP contribution in [0, 0.1) is 0 Å². The molecule has 0 bridgehead atoms. The molecule has 0 radical (unpaired) electrons.